The van der Waals surface area contributed by atoms with Gasteiger partial charge >= 0.3 is 0 Å². The van der Waals surface area contributed by atoms with Gasteiger partial charge < -0.3 is 25.7 Å². The molecule has 174 valence electrons. The molecule has 0 spiro atoms. The minimum Gasteiger partial charge on any atom is -0.497 e. The molecule has 5 rings (SSSR count). The molecule has 0 unspecified atom stereocenters. The van der Waals surface area contributed by atoms with E-state index in [1.807, 2.05) is 48.5 Å². The van der Waals surface area contributed by atoms with Crippen molar-refractivity contribution in [2.24, 2.45) is 5.73 Å². The molecule has 0 radical (unpaired) electrons. The number of carbonyl (C=O) groups is 2. The first-order valence-electron chi connectivity index (χ1n) is 11.5. The number of aromatic nitrogens is 1. The number of methoxy groups -OCH3 is 1. The molecule has 0 atom stereocenters. The summed E-state index contributed by atoms with van der Waals surface area (Å²) >= 11 is 0. The number of nitrogens with zero attached hydrogens (tertiary/aromatic N) is 1. The van der Waals surface area contributed by atoms with Gasteiger partial charge in [0.05, 0.1) is 18.2 Å². The Bertz CT molecular complexity index is 1400. The van der Waals surface area contributed by atoms with E-state index in [-0.39, 0.29) is 11.9 Å². The number of nitrogens with two attached hydrogens (primary N) is 1. The Morgan fingerprint density at radius 3 is 2.56 bits per heavy atom. The number of amides is 2. The van der Waals surface area contributed by atoms with E-state index >= 15 is 0 Å². The maximum atomic E-state index is 12.9. The van der Waals surface area contributed by atoms with E-state index in [2.05, 4.69) is 22.2 Å². The Balaban J connectivity index is 1.54. The number of rotatable bonds is 5. The van der Waals surface area contributed by atoms with Crippen LogP contribution in [0.25, 0.3) is 32.9 Å². The third kappa shape index (κ3) is 4.10. The Kier molecular flexibility index (Phi) is 5.71. The molecular weight excluding hydrogens is 428 g/mol. The molecule has 0 aliphatic carbocycles. The van der Waals surface area contributed by atoms with Crippen LogP contribution >= 0.6 is 0 Å². The molecule has 0 bridgehead atoms. The number of hydrogen-bond acceptors (Lipinski definition) is 4. The standard InChI is InChI=1S/C27H28N4O3/c1-31-10-8-19(9-11-31)29-27(33)17-6-7-21-22-13-18(16-4-3-5-20(12-16)34-2)14-23(26(28)32)25(22)30-24(21)15-17/h3-7,12-15,19,30H,8-11H2,1-2H3,(H2,28,32)(H,29,33). The van der Waals surface area contributed by atoms with E-state index in [0.717, 1.165) is 59.1 Å². The van der Waals surface area contributed by atoms with Gasteiger partial charge in [-0.2, -0.15) is 0 Å². The number of H-pyrrole nitrogens is 1. The molecule has 2 heterocycles. The zero-order valence-electron chi connectivity index (χ0n) is 19.4. The first kappa shape index (κ1) is 22.0. The fourth-order valence-corrected chi connectivity index (χ4v) is 4.73. The van der Waals surface area contributed by atoms with Crippen LogP contribution in [0.5, 0.6) is 5.75 Å². The van der Waals surface area contributed by atoms with E-state index in [1.54, 1.807) is 13.2 Å². The zero-order valence-corrected chi connectivity index (χ0v) is 19.4. The summed E-state index contributed by atoms with van der Waals surface area (Å²) in [6, 6.07) is 17.3. The van der Waals surface area contributed by atoms with Crippen LogP contribution in [-0.4, -0.2) is 55.0 Å². The normalized spacial score (nSPS) is 15.0. The van der Waals surface area contributed by atoms with E-state index < -0.39 is 5.91 Å². The third-order valence-electron chi connectivity index (χ3n) is 6.69. The second-order valence-corrected chi connectivity index (χ2v) is 8.98. The van der Waals surface area contributed by atoms with Gasteiger partial charge in [0.25, 0.3) is 11.8 Å². The highest BCUT2D eigenvalue weighted by Crippen LogP contribution is 2.34. The van der Waals surface area contributed by atoms with Gasteiger partial charge in [0.1, 0.15) is 5.75 Å². The van der Waals surface area contributed by atoms with Crippen molar-refractivity contribution < 1.29 is 14.3 Å². The number of carbonyl (C=O) groups excluding carboxylic acids is 2. The largest absolute Gasteiger partial charge is 0.497 e. The molecular formula is C27H28N4O3. The summed E-state index contributed by atoms with van der Waals surface area (Å²) in [7, 11) is 3.72. The van der Waals surface area contributed by atoms with Crippen molar-refractivity contribution in [3.05, 3.63) is 65.7 Å². The molecule has 4 N–H and O–H groups in total. The highest BCUT2D eigenvalue weighted by molar-refractivity contribution is 6.17. The SMILES string of the molecule is COc1cccc(-c2cc(C(N)=O)c3[nH]c4cc(C(=O)NC5CCN(C)CC5)ccc4c3c2)c1. The molecule has 2 amide bonds. The number of primary amides is 1. The lowest BCUT2D eigenvalue weighted by molar-refractivity contribution is 0.0916. The smallest absolute Gasteiger partial charge is 0.251 e. The van der Waals surface area contributed by atoms with E-state index in [1.165, 1.54) is 0 Å². The van der Waals surface area contributed by atoms with E-state index in [0.29, 0.717) is 16.6 Å². The summed E-state index contributed by atoms with van der Waals surface area (Å²) in [6.45, 7) is 1.97. The topological polar surface area (TPSA) is 100 Å². The van der Waals surface area contributed by atoms with Crippen LogP contribution < -0.4 is 15.8 Å². The van der Waals surface area contributed by atoms with Crippen LogP contribution in [0.2, 0.25) is 0 Å². The van der Waals surface area contributed by atoms with Gasteiger partial charge in [-0.25, -0.2) is 0 Å². The third-order valence-corrected chi connectivity index (χ3v) is 6.69. The maximum absolute atomic E-state index is 12.9. The van der Waals surface area contributed by atoms with Crippen molar-refractivity contribution in [1.82, 2.24) is 15.2 Å². The fraction of sp³-hybridized carbons (Fsp3) is 0.259. The van der Waals surface area contributed by atoms with Crippen LogP contribution in [0, 0.1) is 0 Å². The number of benzene rings is 3. The number of hydrogen-bond donors (Lipinski definition) is 3. The Hall–Kier alpha value is -3.84. The average Bonchev–Trinajstić information content (AvgIpc) is 3.22. The van der Waals surface area contributed by atoms with Crippen LogP contribution in [0.15, 0.2) is 54.6 Å². The molecule has 1 aliphatic rings. The first-order chi connectivity index (χ1) is 16.4. The van der Waals surface area contributed by atoms with Crippen molar-refractivity contribution in [3.8, 4) is 16.9 Å². The lowest BCUT2D eigenvalue weighted by atomic mass is 9.98. The Labute approximate surface area is 197 Å². The van der Waals surface area contributed by atoms with Crippen molar-refractivity contribution in [2.75, 3.05) is 27.2 Å². The minimum absolute atomic E-state index is 0.0812. The van der Waals surface area contributed by atoms with Gasteiger partial charge in [0.2, 0.25) is 0 Å². The van der Waals surface area contributed by atoms with Gasteiger partial charge in [-0.15, -0.1) is 0 Å². The van der Waals surface area contributed by atoms with Gasteiger partial charge in [0, 0.05) is 27.9 Å². The predicted octanol–water partition coefficient (Wildman–Crippen LogP) is 3.92. The molecule has 3 aromatic carbocycles. The molecule has 7 heteroatoms. The van der Waals surface area contributed by atoms with Gasteiger partial charge in [-0.3, -0.25) is 9.59 Å². The number of piperidine rings is 1. The fourth-order valence-electron chi connectivity index (χ4n) is 4.73. The lowest BCUT2D eigenvalue weighted by Crippen LogP contribution is -2.43. The van der Waals surface area contributed by atoms with Crippen LogP contribution in [0.4, 0.5) is 0 Å². The summed E-state index contributed by atoms with van der Waals surface area (Å²) in [6.07, 6.45) is 1.90. The van der Waals surface area contributed by atoms with Crippen molar-refractivity contribution in [1.29, 1.82) is 0 Å². The summed E-state index contributed by atoms with van der Waals surface area (Å²) in [5.41, 5.74) is 9.99. The number of ether oxygens (including phenoxy) is 1. The number of likely N-dealkylation sites (tertiary alicyclic amines) is 1. The highest BCUT2D eigenvalue weighted by atomic mass is 16.5. The second kappa shape index (κ2) is 8.83. The van der Waals surface area contributed by atoms with Crippen LogP contribution in [0.1, 0.15) is 33.6 Å². The first-order valence-corrected chi connectivity index (χ1v) is 11.5. The van der Waals surface area contributed by atoms with Crippen molar-refractivity contribution in [3.63, 3.8) is 0 Å². The van der Waals surface area contributed by atoms with Crippen LogP contribution in [0.3, 0.4) is 0 Å². The molecule has 1 aliphatic heterocycles. The molecule has 1 aromatic heterocycles. The molecule has 1 saturated heterocycles. The minimum atomic E-state index is -0.512. The highest BCUT2D eigenvalue weighted by Gasteiger charge is 2.20. The maximum Gasteiger partial charge on any atom is 0.251 e. The summed E-state index contributed by atoms with van der Waals surface area (Å²) in [5.74, 6) is 0.140. The van der Waals surface area contributed by atoms with Crippen LogP contribution in [-0.2, 0) is 0 Å². The molecule has 1 fully saturated rings. The van der Waals surface area contributed by atoms with Gasteiger partial charge in [-0.1, -0.05) is 18.2 Å². The Morgan fingerprint density at radius 2 is 1.82 bits per heavy atom. The average molecular weight is 457 g/mol. The molecule has 34 heavy (non-hydrogen) atoms. The Morgan fingerprint density at radius 1 is 1.03 bits per heavy atom. The summed E-state index contributed by atoms with van der Waals surface area (Å²) < 4.78 is 5.35. The summed E-state index contributed by atoms with van der Waals surface area (Å²) in [4.78, 5) is 30.8. The molecule has 0 saturated carbocycles. The quantitative estimate of drug-likeness (QED) is 0.424. The van der Waals surface area contributed by atoms with Gasteiger partial charge in [0.15, 0.2) is 0 Å². The monoisotopic (exact) mass is 456 g/mol. The van der Waals surface area contributed by atoms with E-state index in [4.69, 9.17) is 10.5 Å². The second-order valence-electron chi connectivity index (χ2n) is 8.98. The number of aromatic amines is 1. The number of fused-ring (bicyclic) bond motifs is 3. The van der Waals surface area contributed by atoms with E-state index in [9.17, 15) is 9.59 Å². The predicted molar refractivity (Wildman–Crippen MR) is 134 cm³/mol. The number of nitrogens with one attached hydrogen (secondary N) is 2. The van der Waals surface area contributed by atoms with Crippen molar-refractivity contribution >= 4 is 33.6 Å². The van der Waals surface area contributed by atoms with Crippen molar-refractivity contribution in [2.45, 2.75) is 18.9 Å². The summed E-state index contributed by atoms with van der Waals surface area (Å²) in [5, 5.41) is 4.97. The molecule has 4 aromatic rings. The lowest BCUT2D eigenvalue weighted by Gasteiger charge is -2.29. The molecule has 7 nitrogen and oxygen atoms in total. The van der Waals surface area contributed by atoms with Gasteiger partial charge in [-0.05, 0) is 80.5 Å². The zero-order chi connectivity index (χ0) is 23.8.